The Morgan fingerprint density at radius 3 is 2.67 bits per heavy atom. The van der Waals surface area contributed by atoms with Gasteiger partial charge >= 0.3 is 0 Å². The zero-order valence-electron chi connectivity index (χ0n) is 14.7. The first-order chi connectivity index (χ1) is 13.1. The third-order valence-corrected chi connectivity index (χ3v) is 4.19. The summed E-state index contributed by atoms with van der Waals surface area (Å²) >= 11 is 5.52. The molecule has 0 saturated carbocycles. The van der Waals surface area contributed by atoms with Crippen LogP contribution in [0.3, 0.4) is 0 Å². The number of ether oxygens (including phenoxy) is 3. The molecule has 2 aromatic rings. The van der Waals surface area contributed by atoms with E-state index in [4.69, 9.17) is 25.8 Å². The van der Waals surface area contributed by atoms with Gasteiger partial charge in [-0.05, 0) is 42.5 Å². The van der Waals surface area contributed by atoms with Crippen molar-refractivity contribution in [1.29, 1.82) is 0 Å². The Labute approximate surface area is 161 Å². The van der Waals surface area contributed by atoms with Gasteiger partial charge in [-0.25, -0.2) is 0 Å². The zero-order valence-corrected chi connectivity index (χ0v) is 15.5. The zero-order chi connectivity index (χ0) is 19.2. The van der Waals surface area contributed by atoms with E-state index in [9.17, 15) is 9.59 Å². The van der Waals surface area contributed by atoms with Crippen LogP contribution in [0.1, 0.15) is 0 Å². The third-order valence-electron chi connectivity index (χ3n) is 3.95. The van der Waals surface area contributed by atoms with Crippen LogP contribution >= 0.6 is 11.6 Å². The number of carbonyl (C=O) groups excluding carboxylic acids is 2. The van der Waals surface area contributed by atoms with Crippen molar-refractivity contribution >= 4 is 34.8 Å². The van der Waals surface area contributed by atoms with Gasteiger partial charge in [-0.2, -0.15) is 0 Å². The molecule has 0 fully saturated rings. The lowest BCUT2D eigenvalue weighted by Crippen LogP contribution is -2.41. The first-order valence-electron chi connectivity index (χ1n) is 8.30. The van der Waals surface area contributed by atoms with E-state index in [1.807, 2.05) is 0 Å². The van der Waals surface area contributed by atoms with Gasteiger partial charge < -0.3 is 24.4 Å². The molecule has 0 saturated heterocycles. The van der Waals surface area contributed by atoms with E-state index in [2.05, 4.69) is 5.32 Å². The summed E-state index contributed by atoms with van der Waals surface area (Å²) in [7, 11) is 1.60. The summed E-state index contributed by atoms with van der Waals surface area (Å²) in [5, 5.41) is 2.66. The maximum atomic E-state index is 12.3. The van der Waals surface area contributed by atoms with Gasteiger partial charge in [0.05, 0.1) is 19.3 Å². The molecule has 8 heteroatoms. The van der Waals surface area contributed by atoms with Gasteiger partial charge in [0.15, 0.2) is 6.61 Å². The molecule has 0 radical (unpaired) electrons. The van der Waals surface area contributed by atoms with Crippen LogP contribution in [0.15, 0.2) is 42.5 Å². The highest BCUT2D eigenvalue weighted by Crippen LogP contribution is 2.34. The van der Waals surface area contributed by atoms with Crippen molar-refractivity contribution in [1.82, 2.24) is 0 Å². The molecule has 0 unspecified atom stereocenters. The Kier molecular flexibility index (Phi) is 6.03. The molecular formula is C19H19ClN2O5. The molecule has 1 aliphatic rings. The van der Waals surface area contributed by atoms with Crippen LogP contribution in [0.25, 0.3) is 0 Å². The number of methoxy groups -OCH3 is 1. The summed E-state index contributed by atoms with van der Waals surface area (Å²) in [6.45, 7) is 0.604. The molecule has 142 valence electrons. The molecule has 0 atom stereocenters. The minimum Gasteiger partial charge on any atom is -0.497 e. The summed E-state index contributed by atoms with van der Waals surface area (Å²) in [5.41, 5.74) is 1.12. The smallest absolute Gasteiger partial charge is 0.265 e. The summed E-state index contributed by atoms with van der Waals surface area (Å²) in [5.74, 6) is 1.34. The fraction of sp³-hybridized carbons (Fsp3) is 0.263. The molecule has 27 heavy (non-hydrogen) atoms. The third kappa shape index (κ3) is 4.62. The number of alkyl halides is 1. The number of nitrogens with zero attached hydrogens (tertiary/aromatic N) is 1. The summed E-state index contributed by atoms with van der Waals surface area (Å²) in [6.07, 6.45) is 0. The van der Waals surface area contributed by atoms with Gasteiger partial charge in [-0.15, -0.1) is 11.6 Å². The van der Waals surface area contributed by atoms with Gasteiger partial charge in [0.1, 0.15) is 29.7 Å². The standard InChI is InChI=1S/C19H19ClN2O5/c1-25-14-3-5-15(6-4-14)26-9-8-22-16-10-13(21-18(23)11-20)2-7-17(16)27-12-19(22)24/h2-7,10H,8-9,11-12H2,1H3,(H,21,23). The van der Waals surface area contributed by atoms with E-state index in [1.165, 1.54) is 0 Å². The average molecular weight is 391 g/mol. The molecule has 2 amide bonds. The highest BCUT2D eigenvalue weighted by atomic mass is 35.5. The lowest BCUT2D eigenvalue weighted by Gasteiger charge is -2.29. The van der Waals surface area contributed by atoms with Gasteiger partial charge in [-0.3, -0.25) is 9.59 Å². The van der Waals surface area contributed by atoms with Crippen molar-refractivity contribution in [2.24, 2.45) is 0 Å². The fourth-order valence-electron chi connectivity index (χ4n) is 2.65. The molecule has 0 spiro atoms. The number of carbonyl (C=O) groups is 2. The van der Waals surface area contributed by atoms with Crippen molar-refractivity contribution in [3.8, 4) is 17.2 Å². The molecular weight excluding hydrogens is 372 g/mol. The molecule has 1 aliphatic heterocycles. The first kappa shape index (κ1) is 18.8. The van der Waals surface area contributed by atoms with Crippen molar-refractivity contribution in [2.45, 2.75) is 0 Å². The maximum Gasteiger partial charge on any atom is 0.265 e. The average Bonchev–Trinajstić information content (AvgIpc) is 2.70. The molecule has 0 bridgehead atoms. The number of fused-ring (bicyclic) bond motifs is 1. The lowest BCUT2D eigenvalue weighted by molar-refractivity contribution is -0.121. The Morgan fingerprint density at radius 2 is 1.96 bits per heavy atom. The molecule has 0 aromatic heterocycles. The largest absolute Gasteiger partial charge is 0.497 e. The van der Waals surface area contributed by atoms with Gasteiger partial charge in [-0.1, -0.05) is 0 Å². The second kappa shape index (κ2) is 8.64. The summed E-state index contributed by atoms with van der Waals surface area (Å²) in [6, 6.07) is 12.3. The van der Waals surface area contributed by atoms with E-state index < -0.39 is 0 Å². The first-order valence-corrected chi connectivity index (χ1v) is 8.84. The Bertz CT molecular complexity index is 825. The maximum absolute atomic E-state index is 12.3. The molecule has 1 N–H and O–H groups in total. The summed E-state index contributed by atoms with van der Waals surface area (Å²) in [4.78, 5) is 25.4. The van der Waals surface area contributed by atoms with Crippen molar-refractivity contribution in [2.75, 3.05) is 43.0 Å². The highest BCUT2D eigenvalue weighted by Gasteiger charge is 2.26. The summed E-state index contributed by atoms with van der Waals surface area (Å²) < 4.78 is 16.3. The number of hydrogen-bond acceptors (Lipinski definition) is 5. The molecule has 7 nitrogen and oxygen atoms in total. The van der Waals surface area contributed by atoms with Crippen LogP contribution in [-0.4, -0.2) is 44.6 Å². The van der Waals surface area contributed by atoms with Gasteiger partial charge in [0, 0.05) is 5.69 Å². The molecule has 1 heterocycles. The normalized spacial score (nSPS) is 12.8. The second-order valence-corrected chi connectivity index (χ2v) is 5.99. The number of rotatable bonds is 7. The predicted octanol–water partition coefficient (Wildman–Crippen LogP) is 2.68. The van der Waals surface area contributed by atoms with Crippen LogP contribution in [0.2, 0.25) is 0 Å². The topological polar surface area (TPSA) is 77.1 Å². The van der Waals surface area contributed by atoms with Gasteiger partial charge in [0.2, 0.25) is 5.91 Å². The van der Waals surface area contributed by atoms with E-state index in [-0.39, 0.29) is 24.3 Å². The predicted molar refractivity (Wildman–Crippen MR) is 102 cm³/mol. The number of nitrogens with one attached hydrogen (secondary N) is 1. The molecule has 3 rings (SSSR count). The van der Waals surface area contributed by atoms with E-state index in [0.29, 0.717) is 36.0 Å². The quantitative estimate of drug-likeness (QED) is 0.735. The second-order valence-electron chi connectivity index (χ2n) is 5.72. The van der Waals surface area contributed by atoms with Crippen LogP contribution in [0.4, 0.5) is 11.4 Å². The number of benzene rings is 2. The Morgan fingerprint density at radius 1 is 1.22 bits per heavy atom. The lowest BCUT2D eigenvalue weighted by atomic mass is 10.2. The van der Waals surface area contributed by atoms with Crippen LogP contribution in [0.5, 0.6) is 17.2 Å². The monoisotopic (exact) mass is 390 g/mol. The number of halogens is 1. The van der Waals surface area contributed by atoms with Crippen molar-refractivity contribution in [3.63, 3.8) is 0 Å². The SMILES string of the molecule is COc1ccc(OCCN2C(=O)COc3ccc(NC(=O)CCl)cc32)cc1. The van der Waals surface area contributed by atoms with E-state index in [1.54, 1.807) is 54.5 Å². The Balaban J connectivity index is 1.68. The highest BCUT2D eigenvalue weighted by molar-refractivity contribution is 6.29. The molecule has 2 aromatic carbocycles. The van der Waals surface area contributed by atoms with Crippen LogP contribution < -0.4 is 24.4 Å². The van der Waals surface area contributed by atoms with Crippen LogP contribution in [-0.2, 0) is 9.59 Å². The minimum absolute atomic E-state index is 0.0388. The van der Waals surface area contributed by atoms with Gasteiger partial charge in [0.25, 0.3) is 5.91 Å². The minimum atomic E-state index is -0.325. The number of amides is 2. The molecule has 0 aliphatic carbocycles. The van der Waals surface area contributed by atoms with E-state index in [0.717, 1.165) is 5.75 Å². The van der Waals surface area contributed by atoms with Crippen molar-refractivity contribution in [3.05, 3.63) is 42.5 Å². The number of anilines is 2. The van der Waals surface area contributed by atoms with Crippen molar-refractivity contribution < 1.29 is 23.8 Å². The van der Waals surface area contributed by atoms with Crippen LogP contribution in [0, 0.1) is 0 Å². The van der Waals surface area contributed by atoms with E-state index >= 15 is 0 Å². The number of hydrogen-bond donors (Lipinski definition) is 1. The Hall–Kier alpha value is -2.93. The fourth-order valence-corrected chi connectivity index (χ4v) is 2.71.